The number of ketones is 1. The maximum atomic E-state index is 13.8. The van der Waals surface area contributed by atoms with Gasteiger partial charge >= 0.3 is 6.18 Å². The molecule has 0 fully saturated rings. The molecular formula is C39H43F3N6O8. The predicted octanol–water partition coefficient (Wildman–Crippen LogP) is 4.17. The lowest BCUT2D eigenvalue weighted by atomic mass is 10.0. The molecule has 2 N–H and O–H groups in total. The molecule has 298 valence electrons. The van der Waals surface area contributed by atoms with Crippen molar-refractivity contribution in [1.82, 2.24) is 25.0 Å². The van der Waals surface area contributed by atoms with E-state index >= 15 is 0 Å². The largest absolute Gasteiger partial charge is 0.416 e. The third-order valence-electron chi connectivity index (χ3n) is 8.20. The third-order valence-corrected chi connectivity index (χ3v) is 8.20. The highest BCUT2D eigenvalue weighted by Gasteiger charge is 2.31. The van der Waals surface area contributed by atoms with Crippen molar-refractivity contribution in [2.45, 2.75) is 32.9 Å². The Kier molecular flexibility index (Phi) is 16.5. The zero-order valence-corrected chi connectivity index (χ0v) is 31.0. The van der Waals surface area contributed by atoms with Crippen molar-refractivity contribution in [1.29, 1.82) is 5.26 Å². The van der Waals surface area contributed by atoms with Gasteiger partial charge in [-0.1, -0.05) is 6.07 Å². The third kappa shape index (κ3) is 12.7. The Balaban J connectivity index is 1.29. The van der Waals surface area contributed by atoms with Gasteiger partial charge in [-0.25, -0.2) is 4.68 Å². The van der Waals surface area contributed by atoms with Crippen LogP contribution in [0, 0.1) is 18.3 Å². The molecule has 2 heterocycles. The van der Waals surface area contributed by atoms with E-state index in [2.05, 4.69) is 15.7 Å². The fourth-order valence-electron chi connectivity index (χ4n) is 5.38. The summed E-state index contributed by atoms with van der Waals surface area (Å²) in [5.74, 6) is -0.989. The van der Waals surface area contributed by atoms with Gasteiger partial charge in [0.05, 0.1) is 87.6 Å². The molecule has 56 heavy (non-hydrogen) atoms. The van der Waals surface area contributed by atoms with E-state index < -0.39 is 23.2 Å². The highest BCUT2D eigenvalue weighted by molar-refractivity contribution is 5.95. The van der Waals surface area contributed by atoms with Crippen LogP contribution >= 0.6 is 0 Å². The molecule has 0 saturated heterocycles. The van der Waals surface area contributed by atoms with Gasteiger partial charge in [0, 0.05) is 42.9 Å². The minimum atomic E-state index is -4.67. The summed E-state index contributed by atoms with van der Waals surface area (Å²) in [5.41, 5.74) is -0.0820. The second-order valence-electron chi connectivity index (χ2n) is 12.3. The van der Waals surface area contributed by atoms with Crippen molar-refractivity contribution in [3.05, 3.63) is 99.6 Å². The molecule has 2 aromatic carbocycles. The first-order valence-electron chi connectivity index (χ1n) is 17.7. The Hall–Kier alpha value is -5.67. The van der Waals surface area contributed by atoms with Crippen molar-refractivity contribution >= 4 is 17.6 Å². The van der Waals surface area contributed by atoms with Gasteiger partial charge < -0.3 is 34.4 Å². The fourth-order valence-corrected chi connectivity index (χ4v) is 5.38. The van der Waals surface area contributed by atoms with Gasteiger partial charge in [-0.2, -0.15) is 23.5 Å². The normalized spacial score (nSPS) is 11.3. The van der Waals surface area contributed by atoms with E-state index in [1.54, 1.807) is 37.3 Å². The molecule has 0 spiro atoms. The maximum Gasteiger partial charge on any atom is 0.416 e. The molecule has 14 nitrogen and oxygen atoms in total. The van der Waals surface area contributed by atoms with E-state index in [9.17, 15) is 37.6 Å². The Morgan fingerprint density at radius 2 is 1.41 bits per heavy atom. The second kappa shape index (κ2) is 21.4. The molecule has 17 heteroatoms. The number of Topliss-reactive ketones (excluding diaryl/α,β-unsaturated/α-hetero) is 1. The van der Waals surface area contributed by atoms with Crippen LogP contribution in [-0.4, -0.2) is 97.9 Å². The van der Waals surface area contributed by atoms with Crippen LogP contribution in [-0.2, 0) is 34.7 Å². The molecule has 2 amide bonds. The lowest BCUT2D eigenvalue weighted by molar-refractivity contribution is -0.137. The average Bonchev–Trinajstić information content (AvgIpc) is 3.66. The number of carbonyl (C=O) groups excluding carboxylic acids is 3. The summed E-state index contributed by atoms with van der Waals surface area (Å²) in [7, 11) is 0. The van der Waals surface area contributed by atoms with Crippen LogP contribution in [0.15, 0.2) is 71.7 Å². The molecule has 0 aliphatic heterocycles. The molecule has 0 radical (unpaired) electrons. The standard InChI is InChI=1S/C39H43F3N6O8/c1-27(49)6-11-36(50)44-14-16-53-18-20-55-22-23-56-21-19-54-17-15-45-37(51)34-25-33(35-12-13-46-48(35)31-9-7-29(26-43)8-10-31)28(2)47(38(34)52)32-5-3-4-30(24-32)39(40,41)42/h3-5,7-10,12-13,24-25H,6,11,14-23H2,1-2H3,(H,44,50)(H,45,51). The van der Waals surface area contributed by atoms with Gasteiger partial charge in [-0.15, -0.1) is 0 Å². The van der Waals surface area contributed by atoms with Crippen LogP contribution in [0.4, 0.5) is 13.2 Å². The first kappa shape index (κ1) is 43.1. The average molecular weight is 781 g/mol. The lowest BCUT2D eigenvalue weighted by Gasteiger charge is -2.19. The van der Waals surface area contributed by atoms with Crippen LogP contribution in [0.5, 0.6) is 0 Å². The van der Waals surface area contributed by atoms with E-state index in [1.165, 1.54) is 36.0 Å². The van der Waals surface area contributed by atoms with Crippen LogP contribution in [0.25, 0.3) is 22.6 Å². The van der Waals surface area contributed by atoms with Crippen molar-refractivity contribution in [3.8, 4) is 28.7 Å². The predicted molar refractivity (Wildman–Crippen MR) is 198 cm³/mol. The number of aromatic nitrogens is 3. The number of nitriles is 1. The van der Waals surface area contributed by atoms with Crippen LogP contribution in [0.2, 0.25) is 0 Å². The summed E-state index contributed by atoms with van der Waals surface area (Å²) in [6.07, 6.45) is -2.79. The van der Waals surface area contributed by atoms with Crippen molar-refractivity contribution in [3.63, 3.8) is 0 Å². The summed E-state index contributed by atoms with van der Waals surface area (Å²) in [4.78, 5) is 49.7. The summed E-state index contributed by atoms with van der Waals surface area (Å²) in [6, 6.07) is 15.9. The molecule has 0 unspecified atom stereocenters. The molecule has 0 bridgehead atoms. The van der Waals surface area contributed by atoms with Crippen molar-refractivity contribution < 1.29 is 46.5 Å². The Morgan fingerprint density at radius 1 is 0.804 bits per heavy atom. The Labute approximate surface area is 321 Å². The van der Waals surface area contributed by atoms with Gasteiger partial charge in [0.2, 0.25) is 5.91 Å². The number of hydrogen-bond acceptors (Lipinski definition) is 10. The number of halogens is 3. The fraction of sp³-hybridized carbons (Fsp3) is 0.385. The zero-order valence-electron chi connectivity index (χ0n) is 31.0. The van der Waals surface area contributed by atoms with Gasteiger partial charge in [0.1, 0.15) is 11.3 Å². The number of amides is 2. The number of pyridine rings is 1. The van der Waals surface area contributed by atoms with E-state index in [-0.39, 0.29) is 67.8 Å². The molecule has 4 rings (SSSR count). The summed E-state index contributed by atoms with van der Waals surface area (Å²) < 4.78 is 65.5. The molecule has 0 atom stereocenters. The van der Waals surface area contributed by atoms with Crippen LogP contribution in [0.3, 0.4) is 0 Å². The smallest absolute Gasteiger partial charge is 0.377 e. The van der Waals surface area contributed by atoms with Gasteiger partial charge in [0.25, 0.3) is 11.5 Å². The molecule has 0 aliphatic rings. The molecule has 0 aliphatic carbocycles. The Bertz CT molecular complexity index is 2040. The van der Waals surface area contributed by atoms with E-state index in [4.69, 9.17) is 18.9 Å². The minimum Gasteiger partial charge on any atom is -0.377 e. The number of rotatable bonds is 22. The molecule has 4 aromatic rings. The number of carbonyl (C=O) groups is 3. The Morgan fingerprint density at radius 3 is 2.00 bits per heavy atom. The number of ether oxygens (including phenoxy) is 4. The number of hydrogen-bond donors (Lipinski definition) is 2. The molecular weight excluding hydrogens is 737 g/mol. The van der Waals surface area contributed by atoms with Crippen molar-refractivity contribution in [2.75, 3.05) is 65.9 Å². The summed E-state index contributed by atoms with van der Waals surface area (Å²) in [5, 5.41) is 18.9. The number of nitrogens with zero attached hydrogens (tertiary/aromatic N) is 4. The first-order valence-corrected chi connectivity index (χ1v) is 17.7. The highest BCUT2D eigenvalue weighted by atomic mass is 19.4. The number of nitrogens with one attached hydrogen (secondary N) is 2. The number of benzene rings is 2. The van der Waals surface area contributed by atoms with E-state index in [0.717, 1.165) is 16.7 Å². The quantitative estimate of drug-likeness (QED) is 0.110. The van der Waals surface area contributed by atoms with Crippen molar-refractivity contribution in [2.24, 2.45) is 0 Å². The topological polar surface area (TPSA) is 176 Å². The number of alkyl halides is 3. The highest BCUT2D eigenvalue weighted by Crippen LogP contribution is 2.32. The van der Waals surface area contributed by atoms with E-state index in [0.29, 0.717) is 62.1 Å². The van der Waals surface area contributed by atoms with Gasteiger partial charge in [-0.05, 0) is 68.4 Å². The zero-order chi connectivity index (χ0) is 40.5. The second-order valence-corrected chi connectivity index (χ2v) is 12.3. The lowest BCUT2D eigenvalue weighted by Crippen LogP contribution is -2.35. The summed E-state index contributed by atoms with van der Waals surface area (Å²) in [6.45, 7) is 5.57. The molecule has 2 aromatic heterocycles. The molecule has 0 saturated carbocycles. The maximum absolute atomic E-state index is 13.8. The minimum absolute atomic E-state index is 0.0272. The van der Waals surface area contributed by atoms with Crippen LogP contribution in [0.1, 0.15) is 46.9 Å². The van der Waals surface area contributed by atoms with E-state index in [1.807, 2.05) is 6.07 Å². The van der Waals surface area contributed by atoms with Gasteiger partial charge in [-0.3, -0.25) is 19.0 Å². The SMILES string of the molecule is CC(=O)CCC(=O)NCCOCCOCCOCCOCCNC(=O)c1cc(-c2ccnn2-c2ccc(C#N)cc2)c(C)n(-c2cccc(C(F)(F)F)c2)c1=O. The first-order chi connectivity index (χ1) is 26.9. The van der Waals surface area contributed by atoms with Gasteiger partial charge in [0.15, 0.2) is 0 Å². The summed E-state index contributed by atoms with van der Waals surface area (Å²) >= 11 is 0. The van der Waals surface area contributed by atoms with Crippen LogP contribution < -0.4 is 16.2 Å². The monoisotopic (exact) mass is 780 g/mol.